The van der Waals surface area contributed by atoms with Gasteiger partial charge in [-0.1, -0.05) is 39.5 Å². The average Bonchev–Trinajstić information content (AvgIpc) is 2.95. The van der Waals surface area contributed by atoms with Crippen LogP contribution in [0.2, 0.25) is 0 Å². The number of carbonyl (C=O) groups excluding carboxylic acids is 1. The van der Waals surface area contributed by atoms with E-state index in [4.69, 9.17) is 4.74 Å². The normalized spacial score (nSPS) is 17.5. The summed E-state index contributed by atoms with van der Waals surface area (Å²) in [5.74, 6) is 0.682. The van der Waals surface area contributed by atoms with Crippen molar-refractivity contribution in [2.75, 3.05) is 6.54 Å². The summed E-state index contributed by atoms with van der Waals surface area (Å²) in [7, 11) is 0. The van der Waals surface area contributed by atoms with Gasteiger partial charge in [0.1, 0.15) is 5.60 Å². The van der Waals surface area contributed by atoms with Gasteiger partial charge in [0.25, 0.3) is 0 Å². The van der Waals surface area contributed by atoms with E-state index in [0.717, 1.165) is 0 Å². The first-order valence-corrected chi connectivity index (χ1v) is 9.58. The van der Waals surface area contributed by atoms with E-state index in [-0.39, 0.29) is 6.09 Å². The maximum Gasteiger partial charge on any atom is 0.407 e. The molecule has 1 atom stereocenters. The lowest BCUT2D eigenvalue weighted by Crippen LogP contribution is -2.49. The summed E-state index contributed by atoms with van der Waals surface area (Å²) in [5, 5.41) is 6.83. The van der Waals surface area contributed by atoms with Gasteiger partial charge in [0.05, 0.1) is 0 Å². The Morgan fingerprint density at radius 2 is 1.70 bits per heavy atom. The van der Waals surface area contributed by atoms with Crippen LogP contribution in [0.4, 0.5) is 4.79 Å². The topological polar surface area (TPSA) is 50.4 Å². The third-order valence-corrected chi connectivity index (χ3v) is 4.56. The van der Waals surface area contributed by atoms with Gasteiger partial charge in [0.15, 0.2) is 0 Å². The fourth-order valence-electron chi connectivity index (χ4n) is 3.54. The minimum absolute atomic E-state index is 0.301. The van der Waals surface area contributed by atoms with E-state index >= 15 is 0 Å². The molecule has 0 spiro atoms. The molecule has 0 radical (unpaired) electrons. The molecule has 1 unspecified atom stereocenters. The van der Waals surface area contributed by atoms with E-state index in [1.165, 1.54) is 51.4 Å². The predicted molar refractivity (Wildman–Crippen MR) is 96.7 cm³/mol. The lowest BCUT2D eigenvalue weighted by Gasteiger charge is -2.30. The molecule has 0 bridgehead atoms. The number of carbonyl (C=O) groups is 1. The van der Waals surface area contributed by atoms with Crippen molar-refractivity contribution in [3.8, 4) is 0 Å². The monoisotopic (exact) mass is 326 g/mol. The standard InChI is InChI=1S/C19H38N2O2/c1-6-10-16(11-7-2)21-17(15-12-8-9-13-15)14-20-18(22)23-19(3,4)5/h15-17,21H,6-14H2,1-5H3,(H,20,22). The molecule has 4 nitrogen and oxygen atoms in total. The van der Waals surface area contributed by atoms with Crippen LogP contribution in [-0.4, -0.2) is 30.3 Å². The van der Waals surface area contributed by atoms with Gasteiger partial charge < -0.3 is 15.4 Å². The number of ether oxygens (including phenoxy) is 1. The van der Waals surface area contributed by atoms with Gasteiger partial charge >= 0.3 is 6.09 Å². The van der Waals surface area contributed by atoms with Crippen LogP contribution in [0, 0.1) is 5.92 Å². The average molecular weight is 327 g/mol. The molecule has 0 aliphatic heterocycles. The molecule has 1 saturated carbocycles. The van der Waals surface area contributed by atoms with Crippen molar-refractivity contribution in [1.29, 1.82) is 0 Å². The van der Waals surface area contributed by atoms with Crippen molar-refractivity contribution in [3.63, 3.8) is 0 Å². The molecule has 136 valence electrons. The Hall–Kier alpha value is -0.770. The maximum atomic E-state index is 12.0. The van der Waals surface area contributed by atoms with Crippen LogP contribution >= 0.6 is 0 Å². The maximum absolute atomic E-state index is 12.0. The van der Waals surface area contributed by atoms with Crippen molar-refractivity contribution in [2.24, 2.45) is 5.92 Å². The molecule has 1 fully saturated rings. The Bertz CT molecular complexity index is 327. The van der Waals surface area contributed by atoms with Crippen LogP contribution in [0.3, 0.4) is 0 Å². The number of amides is 1. The highest BCUT2D eigenvalue weighted by Crippen LogP contribution is 2.28. The largest absolute Gasteiger partial charge is 0.444 e. The molecule has 1 aliphatic carbocycles. The van der Waals surface area contributed by atoms with Crippen molar-refractivity contribution >= 4 is 6.09 Å². The molecule has 1 amide bonds. The third-order valence-electron chi connectivity index (χ3n) is 4.56. The molecule has 0 saturated heterocycles. The summed E-state index contributed by atoms with van der Waals surface area (Å²) in [6.45, 7) is 10.9. The molecule has 1 rings (SSSR count). The first-order chi connectivity index (χ1) is 10.9. The number of hydrogen-bond donors (Lipinski definition) is 2. The smallest absolute Gasteiger partial charge is 0.407 e. The second-order valence-electron chi connectivity index (χ2n) is 7.97. The van der Waals surface area contributed by atoms with E-state index < -0.39 is 5.60 Å². The van der Waals surface area contributed by atoms with Gasteiger partial charge in [0.2, 0.25) is 0 Å². The van der Waals surface area contributed by atoms with Crippen LogP contribution < -0.4 is 10.6 Å². The Morgan fingerprint density at radius 1 is 1.13 bits per heavy atom. The third kappa shape index (κ3) is 8.59. The first kappa shape index (κ1) is 20.3. The quantitative estimate of drug-likeness (QED) is 0.649. The van der Waals surface area contributed by atoms with Gasteiger partial charge in [0, 0.05) is 18.6 Å². The molecule has 0 heterocycles. The van der Waals surface area contributed by atoms with Gasteiger partial charge in [-0.15, -0.1) is 0 Å². The molecule has 23 heavy (non-hydrogen) atoms. The summed E-state index contributed by atoms with van der Waals surface area (Å²) >= 11 is 0. The van der Waals surface area contributed by atoms with Gasteiger partial charge in [-0.2, -0.15) is 0 Å². The van der Waals surface area contributed by atoms with Crippen LogP contribution in [-0.2, 0) is 4.74 Å². The fraction of sp³-hybridized carbons (Fsp3) is 0.947. The molecule has 2 N–H and O–H groups in total. The Kier molecular flexibility index (Phi) is 8.96. The van der Waals surface area contributed by atoms with E-state index in [9.17, 15) is 4.79 Å². The van der Waals surface area contributed by atoms with Crippen LogP contribution in [0.25, 0.3) is 0 Å². The lowest BCUT2D eigenvalue weighted by atomic mass is 9.95. The second-order valence-corrected chi connectivity index (χ2v) is 7.97. The number of alkyl carbamates (subject to hydrolysis) is 1. The van der Waals surface area contributed by atoms with Crippen LogP contribution in [0.1, 0.15) is 86.0 Å². The molecule has 1 aliphatic rings. The van der Waals surface area contributed by atoms with Crippen molar-refractivity contribution < 1.29 is 9.53 Å². The van der Waals surface area contributed by atoms with E-state index in [0.29, 0.717) is 24.5 Å². The number of nitrogens with one attached hydrogen (secondary N) is 2. The summed E-state index contributed by atoms with van der Waals surface area (Å²) in [6, 6.07) is 0.934. The zero-order valence-corrected chi connectivity index (χ0v) is 15.9. The summed E-state index contributed by atoms with van der Waals surface area (Å²) in [5.41, 5.74) is -0.437. The van der Waals surface area contributed by atoms with Crippen LogP contribution in [0.15, 0.2) is 0 Å². The highest BCUT2D eigenvalue weighted by atomic mass is 16.6. The zero-order chi connectivity index (χ0) is 17.3. The minimum atomic E-state index is -0.437. The lowest BCUT2D eigenvalue weighted by molar-refractivity contribution is 0.0516. The Labute approximate surface area is 143 Å². The van der Waals surface area contributed by atoms with Crippen molar-refractivity contribution in [2.45, 2.75) is 104 Å². The highest BCUT2D eigenvalue weighted by molar-refractivity contribution is 5.67. The summed E-state index contributed by atoms with van der Waals surface area (Å²) in [6.07, 6.45) is 9.72. The number of rotatable bonds is 9. The van der Waals surface area contributed by atoms with Crippen LogP contribution in [0.5, 0.6) is 0 Å². The Balaban J connectivity index is 2.56. The van der Waals surface area contributed by atoms with E-state index in [1.54, 1.807) is 0 Å². The van der Waals surface area contributed by atoms with E-state index in [2.05, 4.69) is 24.5 Å². The SMILES string of the molecule is CCCC(CCC)NC(CNC(=O)OC(C)(C)C)C1CCCC1. The molecular formula is C19H38N2O2. The zero-order valence-electron chi connectivity index (χ0n) is 15.9. The number of hydrogen-bond acceptors (Lipinski definition) is 3. The molecule has 0 aromatic heterocycles. The fourth-order valence-corrected chi connectivity index (χ4v) is 3.54. The molecular weight excluding hydrogens is 288 g/mol. The molecule has 4 heteroatoms. The summed E-state index contributed by atoms with van der Waals surface area (Å²) in [4.78, 5) is 12.0. The highest BCUT2D eigenvalue weighted by Gasteiger charge is 2.27. The van der Waals surface area contributed by atoms with Gasteiger partial charge in [-0.05, 0) is 52.4 Å². The van der Waals surface area contributed by atoms with Gasteiger partial charge in [-0.3, -0.25) is 0 Å². The van der Waals surface area contributed by atoms with Crippen molar-refractivity contribution in [1.82, 2.24) is 10.6 Å². The minimum Gasteiger partial charge on any atom is -0.444 e. The molecule has 0 aromatic carbocycles. The first-order valence-electron chi connectivity index (χ1n) is 9.58. The summed E-state index contributed by atoms with van der Waals surface area (Å²) < 4.78 is 5.37. The second kappa shape index (κ2) is 10.2. The predicted octanol–water partition coefficient (Wildman–Crippen LogP) is 4.63. The van der Waals surface area contributed by atoms with Gasteiger partial charge in [-0.25, -0.2) is 4.79 Å². The Morgan fingerprint density at radius 3 is 2.17 bits per heavy atom. The molecule has 0 aromatic rings. The van der Waals surface area contributed by atoms with E-state index in [1.807, 2.05) is 20.8 Å². The van der Waals surface area contributed by atoms with Crippen molar-refractivity contribution in [3.05, 3.63) is 0 Å².